The van der Waals surface area contributed by atoms with Gasteiger partial charge in [0, 0.05) is 40.3 Å². The van der Waals surface area contributed by atoms with Gasteiger partial charge in [-0.2, -0.15) is 5.10 Å². The molecule has 0 unspecified atom stereocenters. The summed E-state index contributed by atoms with van der Waals surface area (Å²) in [6, 6.07) is 13.8. The van der Waals surface area contributed by atoms with Crippen LogP contribution in [0.1, 0.15) is 17.2 Å². The number of amidine groups is 1. The van der Waals surface area contributed by atoms with Gasteiger partial charge in [-0.1, -0.05) is 29.8 Å². The van der Waals surface area contributed by atoms with Gasteiger partial charge >= 0.3 is 0 Å². The van der Waals surface area contributed by atoms with Crippen molar-refractivity contribution in [2.45, 2.75) is 6.04 Å². The second-order valence-corrected chi connectivity index (χ2v) is 6.48. The molecule has 0 saturated carbocycles. The molecule has 6 nitrogen and oxygen atoms in total. The van der Waals surface area contributed by atoms with Crippen LogP contribution < -0.4 is 5.32 Å². The number of aromatic nitrogens is 1. The summed E-state index contributed by atoms with van der Waals surface area (Å²) in [5, 5.41) is 9.77. The number of para-hydroxylation sites is 1. The van der Waals surface area contributed by atoms with E-state index in [2.05, 4.69) is 10.4 Å². The minimum atomic E-state index is -0.824. The maximum atomic E-state index is 12.8. The second-order valence-electron chi connectivity index (χ2n) is 6.05. The van der Waals surface area contributed by atoms with Crippen molar-refractivity contribution in [3.8, 4) is 0 Å². The average molecular weight is 367 g/mol. The van der Waals surface area contributed by atoms with E-state index >= 15 is 0 Å². The Kier molecular flexibility index (Phi) is 3.97. The fraction of sp³-hybridized carbons (Fsp3) is 0.105. The van der Waals surface area contributed by atoms with Crippen LogP contribution in [0.25, 0.3) is 10.9 Å². The van der Waals surface area contributed by atoms with E-state index in [1.807, 2.05) is 42.1 Å². The Bertz CT molecular complexity index is 1040. The number of rotatable bonds is 3. The highest BCUT2D eigenvalue weighted by Gasteiger charge is 2.34. The number of carbonyl (C=O) groups excluding carboxylic acids is 2. The molecule has 4 rings (SSSR count). The van der Waals surface area contributed by atoms with Crippen LogP contribution in [-0.2, 0) is 16.6 Å². The molecule has 0 radical (unpaired) electrons. The van der Waals surface area contributed by atoms with Crippen molar-refractivity contribution in [1.82, 2.24) is 14.9 Å². The molecular weight excluding hydrogens is 352 g/mol. The van der Waals surface area contributed by atoms with Crippen LogP contribution in [0.3, 0.4) is 0 Å². The average Bonchev–Trinajstić information content (AvgIpc) is 2.98. The Balaban J connectivity index is 1.79. The van der Waals surface area contributed by atoms with E-state index in [0.717, 1.165) is 21.5 Å². The van der Waals surface area contributed by atoms with Crippen molar-refractivity contribution in [3.05, 3.63) is 70.9 Å². The van der Waals surface area contributed by atoms with Crippen molar-refractivity contribution < 1.29 is 9.59 Å². The van der Waals surface area contributed by atoms with Crippen LogP contribution in [0, 0.1) is 0 Å². The lowest BCUT2D eigenvalue weighted by Gasteiger charge is -2.28. The number of hydrogen-bond donors (Lipinski definition) is 1. The summed E-state index contributed by atoms with van der Waals surface area (Å²) in [4.78, 5) is 24.5. The molecular formula is C19H15ClN4O2. The SMILES string of the molecule is Cn1cc([C@@H]2C(=O)NC(c3ccc(Cl)cc3)=NN2C=O)c2ccccc21. The number of hydrogen-bond acceptors (Lipinski definition) is 3. The number of halogens is 1. The smallest absolute Gasteiger partial charge is 0.255 e. The Labute approximate surface area is 154 Å². The summed E-state index contributed by atoms with van der Waals surface area (Å²) in [6.45, 7) is 0. The molecule has 1 N–H and O–H groups in total. The summed E-state index contributed by atoms with van der Waals surface area (Å²) in [6.07, 6.45) is 2.43. The maximum Gasteiger partial charge on any atom is 0.255 e. The van der Waals surface area contributed by atoms with Gasteiger partial charge in [-0.3, -0.25) is 9.59 Å². The van der Waals surface area contributed by atoms with E-state index in [9.17, 15) is 9.59 Å². The molecule has 0 aliphatic carbocycles. The number of hydrazone groups is 1. The number of aryl methyl sites for hydroxylation is 1. The third-order valence-corrected chi connectivity index (χ3v) is 4.67. The third-order valence-electron chi connectivity index (χ3n) is 4.42. The largest absolute Gasteiger partial charge is 0.350 e. The molecule has 2 heterocycles. The van der Waals surface area contributed by atoms with Crippen LogP contribution >= 0.6 is 11.6 Å². The maximum absolute atomic E-state index is 12.8. The molecule has 0 spiro atoms. The van der Waals surface area contributed by atoms with Crippen molar-refractivity contribution in [3.63, 3.8) is 0 Å². The number of fused-ring (bicyclic) bond motifs is 1. The molecule has 130 valence electrons. The van der Waals surface area contributed by atoms with Crippen molar-refractivity contribution >= 4 is 40.7 Å². The highest BCUT2D eigenvalue weighted by atomic mass is 35.5. The van der Waals surface area contributed by atoms with E-state index in [4.69, 9.17) is 11.6 Å². The Morgan fingerprint density at radius 1 is 1.15 bits per heavy atom. The van der Waals surface area contributed by atoms with Gasteiger partial charge in [0.05, 0.1) is 0 Å². The predicted molar refractivity (Wildman–Crippen MR) is 99.7 cm³/mol. The monoisotopic (exact) mass is 366 g/mol. The van der Waals surface area contributed by atoms with Gasteiger partial charge in [-0.25, -0.2) is 5.01 Å². The third kappa shape index (κ3) is 2.64. The first-order chi connectivity index (χ1) is 12.6. The molecule has 2 aromatic carbocycles. The van der Waals surface area contributed by atoms with Crippen LogP contribution in [0.2, 0.25) is 5.02 Å². The van der Waals surface area contributed by atoms with Gasteiger partial charge in [0.25, 0.3) is 5.91 Å². The second kappa shape index (κ2) is 6.31. The van der Waals surface area contributed by atoms with Gasteiger partial charge in [0.15, 0.2) is 11.9 Å². The minimum absolute atomic E-state index is 0.312. The predicted octanol–water partition coefficient (Wildman–Crippen LogP) is 2.82. The number of amides is 2. The normalized spacial score (nSPS) is 17.2. The van der Waals surface area contributed by atoms with E-state index < -0.39 is 6.04 Å². The van der Waals surface area contributed by atoms with Crippen LogP contribution in [0.5, 0.6) is 0 Å². The van der Waals surface area contributed by atoms with Crippen molar-refractivity contribution in [2.75, 3.05) is 0 Å². The van der Waals surface area contributed by atoms with Crippen molar-refractivity contribution in [1.29, 1.82) is 0 Å². The van der Waals surface area contributed by atoms with E-state index in [0.29, 0.717) is 22.8 Å². The van der Waals surface area contributed by atoms with Gasteiger partial charge in [0.2, 0.25) is 6.41 Å². The molecule has 0 bridgehead atoms. The first kappa shape index (κ1) is 16.4. The molecule has 2 amide bonds. The number of nitrogens with one attached hydrogen (secondary N) is 1. The van der Waals surface area contributed by atoms with Gasteiger partial charge in [-0.05, 0) is 30.3 Å². The quantitative estimate of drug-likeness (QED) is 0.724. The Morgan fingerprint density at radius 2 is 1.88 bits per heavy atom. The summed E-state index contributed by atoms with van der Waals surface area (Å²) in [5.41, 5.74) is 2.38. The lowest BCUT2D eigenvalue weighted by atomic mass is 10.0. The standard InChI is InChI=1S/C19H15ClN4O2/c1-23-10-15(14-4-2-3-5-16(14)23)17-19(26)21-18(22-24(17)11-25)12-6-8-13(20)9-7-12/h2-11,17H,1H3,(H,21,22,26)/t17-/m1/s1. The summed E-state index contributed by atoms with van der Waals surface area (Å²) in [7, 11) is 1.90. The van der Waals surface area contributed by atoms with E-state index in [1.165, 1.54) is 0 Å². The molecule has 0 fully saturated rings. The molecule has 1 aromatic heterocycles. The number of nitrogens with zero attached hydrogens (tertiary/aromatic N) is 3. The van der Waals surface area contributed by atoms with Gasteiger partial charge < -0.3 is 9.88 Å². The molecule has 26 heavy (non-hydrogen) atoms. The number of benzene rings is 2. The molecule has 1 atom stereocenters. The topological polar surface area (TPSA) is 66.7 Å². The Hall–Kier alpha value is -3.12. The zero-order chi connectivity index (χ0) is 18.3. The lowest BCUT2D eigenvalue weighted by molar-refractivity contribution is -0.133. The highest BCUT2D eigenvalue weighted by Crippen LogP contribution is 2.31. The van der Waals surface area contributed by atoms with Crippen molar-refractivity contribution in [2.24, 2.45) is 12.1 Å². The van der Waals surface area contributed by atoms with Crippen LogP contribution in [-0.4, -0.2) is 27.7 Å². The molecule has 1 aliphatic heterocycles. The molecule has 1 aliphatic rings. The molecule has 0 saturated heterocycles. The fourth-order valence-corrected chi connectivity index (χ4v) is 3.33. The lowest BCUT2D eigenvalue weighted by Crippen LogP contribution is -2.46. The summed E-state index contributed by atoms with van der Waals surface area (Å²) >= 11 is 5.90. The van der Waals surface area contributed by atoms with Crippen LogP contribution in [0.15, 0.2) is 59.8 Å². The summed E-state index contributed by atoms with van der Waals surface area (Å²) in [5.74, 6) is 0.00339. The zero-order valence-electron chi connectivity index (χ0n) is 13.9. The van der Waals surface area contributed by atoms with Gasteiger partial charge in [-0.15, -0.1) is 0 Å². The summed E-state index contributed by atoms with van der Waals surface area (Å²) < 4.78 is 1.93. The van der Waals surface area contributed by atoms with Crippen LogP contribution in [0.4, 0.5) is 0 Å². The zero-order valence-corrected chi connectivity index (χ0v) is 14.6. The molecule has 7 heteroatoms. The molecule has 3 aromatic rings. The van der Waals surface area contributed by atoms with Gasteiger partial charge in [0.1, 0.15) is 0 Å². The fourth-order valence-electron chi connectivity index (χ4n) is 3.20. The Morgan fingerprint density at radius 3 is 2.62 bits per heavy atom. The first-order valence-corrected chi connectivity index (χ1v) is 8.39. The highest BCUT2D eigenvalue weighted by molar-refractivity contribution is 6.30. The minimum Gasteiger partial charge on any atom is -0.350 e. The number of carbonyl (C=O) groups is 2. The van der Waals surface area contributed by atoms with E-state index in [-0.39, 0.29) is 5.91 Å². The first-order valence-electron chi connectivity index (χ1n) is 8.01. The van der Waals surface area contributed by atoms with E-state index in [1.54, 1.807) is 24.3 Å².